The number of Topliss-reactive ketones (excluding diaryl/α,β-unsaturated/α-hetero) is 1. The maximum Gasteiger partial charge on any atom is 0.132 e. The lowest BCUT2D eigenvalue weighted by Crippen LogP contribution is -2.31. The fraction of sp³-hybridized carbons (Fsp3) is 0.562. The Morgan fingerprint density at radius 2 is 1.89 bits per heavy atom. The molecule has 0 aromatic heterocycles. The quantitative estimate of drug-likeness (QED) is 0.834. The van der Waals surface area contributed by atoms with Gasteiger partial charge in [0.25, 0.3) is 0 Å². The molecule has 0 amide bonds. The summed E-state index contributed by atoms with van der Waals surface area (Å²) in [6.45, 7) is 2.17. The van der Waals surface area contributed by atoms with Gasteiger partial charge in [0, 0.05) is 23.4 Å². The van der Waals surface area contributed by atoms with Crippen molar-refractivity contribution in [2.24, 2.45) is 5.92 Å². The second-order valence-electron chi connectivity index (χ2n) is 5.79. The Hall–Kier alpha value is -0.670. The summed E-state index contributed by atoms with van der Waals surface area (Å²) in [6, 6.07) is 6.90. The van der Waals surface area contributed by atoms with Gasteiger partial charge in [-0.15, -0.1) is 0 Å². The Kier molecular flexibility index (Phi) is 4.80. The molecule has 104 valence electrons. The van der Waals surface area contributed by atoms with E-state index in [-0.39, 0.29) is 0 Å². The Bertz CT molecular complexity index is 460. The number of hydrogen-bond acceptors (Lipinski definition) is 2. The largest absolute Gasteiger partial charge is 0.302 e. The van der Waals surface area contributed by atoms with E-state index in [9.17, 15) is 4.79 Å². The number of hydrogen-bond donors (Lipinski definition) is 0. The Morgan fingerprint density at radius 3 is 2.47 bits per heavy atom. The number of nitrogens with zero attached hydrogens (tertiary/aromatic N) is 1. The van der Waals surface area contributed by atoms with Crippen molar-refractivity contribution in [2.75, 3.05) is 14.1 Å². The van der Waals surface area contributed by atoms with Gasteiger partial charge in [-0.05, 0) is 63.0 Å². The first kappa shape index (κ1) is 14.7. The predicted octanol–water partition coefficient (Wildman–Crippen LogP) is 4.12. The van der Waals surface area contributed by atoms with Crippen LogP contribution in [-0.2, 0) is 4.79 Å². The standard InChI is InChI=1S/C16H22BrNO/c1-11-4-7-13(17)10-15(11)16(18(2)3)12-5-8-14(19)9-6-12/h4,7,10,12,16H,5-6,8-9H2,1-3H3. The molecule has 0 saturated heterocycles. The Balaban J connectivity index is 2.29. The van der Waals surface area contributed by atoms with Crippen LogP contribution in [0.2, 0.25) is 0 Å². The van der Waals surface area contributed by atoms with E-state index in [1.807, 2.05) is 0 Å². The molecule has 1 aliphatic carbocycles. The van der Waals surface area contributed by atoms with E-state index >= 15 is 0 Å². The monoisotopic (exact) mass is 323 g/mol. The number of carbonyl (C=O) groups is 1. The van der Waals surface area contributed by atoms with Gasteiger partial charge in [-0.1, -0.05) is 22.0 Å². The minimum Gasteiger partial charge on any atom is -0.302 e. The SMILES string of the molecule is Cc1ccc(Br)cc1C(C1CCC(=O)CC1)N(C)C. The first-order valence-electron chi connectivity index (χ1n) is 6.93. The second kappa shape index (κ2) is 6.19. The first-order valence-corrected chi connectivity index (χ1v) is 7.72. The summed E-state index contributed by atoms with van der Waals surface area (Å²) < 4.78 is 1.13. The number of benzene rings is 1. The predicted molar refractivity (Wildman–Crippen MR) is 82.3 cm³/mol. The molecule has 0 heterocycles. The molecule has 1 unspecified atom stereocenters. The zero-order chi connectivity index (χ0) is 14.0. The number of rotatable bonds is 3. The van der Waals surface area contributed by atoms with E-state index < -0.39 is 0 Å². The minimum atomic E-state index is 0.408. The lowest BCUT2D eigenvalue weighted by Gasteiger charge is -2.35. The van der Waals surface area contributed by atoms with Crippen LogP contribution in [0.25, 0.3) is 0 Å². The number of halogens is 1. The van der Waals surface area contributed by atoms with Crippen LogP contribution in [0.5, 0.6) is 0 Å². The lowest BCUT2D eigenvalue weighted by atomic mass is 9.79. The second-order valence-corrected chi connectivity index (χ2v) is 6.70. The van der Waals surface area contributed by atoms with Crippen molar-refractivity contribution < 1.29 is 4.79 Å². The van der Waals surface area contributed by atoms with Gasteiger partial charge < -0.3 is 4.90 Å². The van der Waals surface area contributed by atoms with Crippen molar-refractivity contribution in [3.63, 3.8) is 0 Å². The van der Waals surface area contributed by atoms with Crippen molar-refractivity contribution in [3.05, 3.63) is 33.8 Å². The summed E-state index contributed by atoms with van der Waals surface area (Å²) in [6.07, 6.45) is 3.55. The van der Waals surface area contributed by atoms with Crippen LogP contribution >= 0.6 is 15.9 Å². The van der Waals surface area contributed by atoms with Gasteiger partial charge in [0.15, 0.2) is 0 Å². The minimum absolute atomic E-state index is 0.408. The van der Waals surface area contributed by atoms with Crippen LogP contribution in [0, 0.1) is 12.8 Å². The smallest absolute Gasteiger partial charge is 0.132 e. The molecule has 0 aliphatic heterocycles. The van der Waals surface area contributed by atoms with E-state index in [0.29, 0.717) is 17.7 Å². The molecule has 1 aliphatic rings. The van der Waals surface area contributed by atoms with Crippen LogP contribution in [-0.4, -0.2) is 24.8 Å². The third-order valence-corrected chi connectivity index (χ3v) is 4.64. The summed E-state index contributed by atoms with van der Waals surface area (Å²) in [5, 5.41) is 0. The zero-order valence-electron chi connectivity index (χ0n) is 11.9. The summed E-state index contributed by atoms with van der Waals surface area (Å²) >= 11 is 3.57. The lowest BCUT2D eigenvalue weighted by molar-refractivity contribution is -0.121. The van der Waals surface area contributed by atoms with Crippen molar-refractivity contribution >= 4 is 21.7 Å². The molecule has 1 aromatic rings. The average Bonchev–Trinajstić information content (AvgIpc) is 2.36. The van der Waals surface area contributed by atoms with Gasteiger partial charge in [-0.2, -0.15) is 0 Å². The van der Waals surface area contributed by atoms with Crippen molar-refractivity contribution in [1.29, 1.82) is 0 Å². The molecule has 1 fully saturated rings. The molecule has 0 N–H and O–H groups in total. The zero-order valence-corrected chi connectivity index (χ0v) is 13.5. The maximum absolute atomic E-state index is 11.4. The van der Waals surface area contributed by atoms with E-state index in [1.165, 1.54) is 11.1 Å². The third kappa shape index (κ3) is 3.46. The normalized spacial score (nSPS) is 18.9. The maximum atomic E-state index is 11.4. The van der Waals surface area contributed by atoms with Crippen LogP contribution in [0.15, 0.2) is 22.7 Å². The average molecular weight is 324 g/mol. The fourth-order valence-electron chi connectivity index (χ4n) is 3.16. The van der Waals surface area contributed by atoms with Crippen LogP contribution in [0.3, 0.4) is 0 Å². The Labute approximate surface area is 124 Å². The molecule has 1 saturated carbocycles. The fourth-order valence-corrected chi connectivity index (χ4v) is 3.54. The summed E-state index contributed by atoms with van der Waals surface area (Å²) in [5.74, 6) is 1.01. The van der Waals surface area contributed by atoms with Crippen molar-refractivity contribution in [1.82, 2.24) is 4.90 Å². The molecule has 1 atom stereocenters. The molecule has 2 nitrogen and oxygen atoms in total. The molecule has 1 aromatic carbocycles. The molecule has 0 spiro atoms. The summed E-state index contributed by atoms with van der Waals surface area (Å²) in [7, 11) is 4.28. The Morgan fingerprint density at radius 1 is 1.26 bits per heavy atom. The van der Waals surface area contributed by atoms with Crippen LogP contribution in [0.4, 0.5) is 0 Å². The van der Waals surface area contributed by atoms with E-state index in [1.54, 1.807) is 0 Å². The van der Waals surface area contributed by atoms with Gasteiger partial charge in [0.1, 0.15) is 5.78 Å². The van der Waals surface area contributed by atoms with Crippen LogP contribution < -0.4 is 0 Å². The van der Waals surface area contributed by atoms with E-state index in [2.05, 4.69) is 60.0 Å². The van der Waals surface area contributed by atoms with Gasteiger partial charge in [0.05, 0.1) is 0 Å². The van der Waals surface area contributed by atoms with Gasteiger partial charge in [-0.25, -0.2) is 0 Å². The van der Waals surface area contributed by atoms with Gasteiger partial charge in [0.2, 0.25) is 0 Å². The molecule has 0 bridgehead atoms. The molecule has 19 heavy (non-hydrogen) atoms. The van der Waals surface area contributed by atoms with Crippen LogP contribution in [0.1, 0.15) is 42.9 Å². The number of carbonyl (C=O) groups excluding carboxylic acids is 1. The third-order valence-electron chi connectivity index (χ3n) is 4.15. The van der Waals surface area contributed by atoms with Gasteiger partial charge >= 0.3 is 0 Å². The first-order chi connectivity index (χ1) is 8.99. The molecule has 2 rings (SSSR count). The van der Waals surface area contributed by atoms with Crippen molar-refractivity contribution in [3.8, 4) is 0 Å². The summed E-state index contributed by atoms with van der Waals surface area (Å²) in [5.41, 5.74) is 2.72. The highest BCUT2D eigenvalue weighted by Crippen LogP contribution is 2.38. The molecule has 0 radical (unpaired) electrons. The highest BCUT2D eigenvalue weighted by molar-refractivity contribution is 9.10. The molecule has 3 heteroatoms. The number of ketones is 1. The van der Waals surface area contributed by atoms with E-state index in [4.69, 9.17) is 0 Å². The topological polar surface area (TPSA) is 20.3 Å². The molecular weight excluding hydrogens is 302 g/mol. The number of aryl methyl sites for hydroxylation is 1. The highest BCUT2D eigenvalue weighted by atomic mass is 79.9. The van der Waals surface area contributed by atoms with Crippen molar-refractivity contribution in [2.45, 2.75) is 38.6 Å². The van der Waals surface area contributed by atoms with Gasteiger partial charge in [-0.3, -0.25) is 4.79 Å². The summed E-state index contributed by atoms with van der Waals surface area (Å²) in [4.78, 5) is 13.7. The van der Waals surface area contributed by atoms with E-state index in [0.717, 1.165) is 30.2 Å². The molecular formula is C16H22BrNO. The highest BCUT2D eigenvalue weighted by Gasteiger charge is 2.30.